The second kappa shape index (κ2) is 8.66. The van der Waals surface area contributed by atoms with E-state index in [4.69, 9.17) is 17.2 Å². The lowest BCUT2D eigenvalue weighted by Crippen LogP contribution is -2.26. The van der Waals surface area contributed by atoms with Crippen LogP contribution < -0.4 is 22.5 Å². The predicted octanol–water partition coefficient (Wildman–Crippen LogP) is 2.28. The summed E-state index contributed by atoms with van der Waals surface area (Å²) >= 11 is 0. The minimum Gasteiger partial charge on any atom is -0.370 e. The van der Waals surface area contributed by atoms with Crippen LogP contribution in [0.3, 0.4) is 0 Å². The van der Waals surface area contributed by atoms with Gasteiger partial charge in [-0.2, -0.15) is 4.99 Å². The minimum atomic E-state index is -0.210. The molecule has 0 unspecified atom stereocenters. The molecule has 7 nitrogen and oxygen atoms in total. The van der Waals surface area contributed by atoms with Crippen molar-refractivity contribution in [1.82, 2.24) is 0 Å². The van der Waals surface area contributed by atoms with Crippen molar-refractivity contribution in [2.45, 2.75) is 26.7 Å². The van der Waals surface area contributed by atoms with Crippen molar-refractivity contribution in [3.05, 3.63) is 59.2 Å². The Morgan fingerprint density at radius 3 is 2.19 bits per heavy atom. The fraction of sp³-hybridized carbons (Fsp3) is 0.211. The first-order valence-electron chi connectivity index (χ1n) is 8.40. The highest BCUT2D eigenvalue weighted by Crippen LogP contribution is 2.24. The van der Waals surface area contributed by atoms with Crippen LogP contribution in [0, 0.1) is 0 Å². The molecule has 26 heavy (non-hydrogen) atoms. The minimum absolute atomic E-state index is 0.0767. The summed E-state index contributed by atoms with van der Waals surface area (Å²) in [5.41, 5.74) is 20.2. The van der Waals surface area contributed by atoms with Gasteiger partial charge in [-0.3, -0.25) is 4.79 Å². The van der Waals surface area contributed by atoms with Gasteiger partial charge < -0.3 is 22.5 Å². The lowest BCUT2D eigenvalue weighted by Gasteiger charge is -2.14. The van der Waals surface area contributed by atoms with Crippen LogP contribution in [0.2, 0.25) is 0 Å². The molecule has 0 aliphatic rings. The number of benzene rings is 2. The Balaban J connectivity index is 2.29. The van der Waals surface area contributed by atoms with Crippen molar-refractivity contribution in [3.63, 3.8) is 0 Å². The highest BCUT2D eigenvalue weighted by Gasteiger charge is 2.12. The number of para-hydroxylation sites is 1. The molecule has 0 heterocycles. The molecule has 0 spiro atoms. The normalized spacial score (nSPS) is 11.1. The van der Waals surface area contributed by atoms with Crippen LogP contribution in [0.4, 0.5) is 11.4 Å². The standard InChI is InChI=1S/C19H24N6O/c1-3-12-7-5-8-13(4-2)16(12)24-17(26)14-9-6-10-15(11-14)23-19(22)25-18(20)21/h5-11H,3-4H2,1-2H3,(H,24,26)(H6,20,21,22,23,25). The molecular formula is C19H24N6O. The molecule has 0 radical (unpaired) electrons. The number of carbonyl (C=O) groups is 1. The summed E-state index contributed by atoms with van der Waals surface area (Å²) in [5, 5.41) is 3.02. The predicted molar refractivity (Wildman–Crippen MR) is 107 cm³/mol. The van der Waals surface area contributed by atoms with Crippen LogP contribution in [0.1, 0.15) is 35.3 Å². The van der Waals surface area contributed by atoms with Gasteiger partial charge in [-0.15, -0.1) is 0 Å². The van der Waals surface area contributed by atoms with E-state index < -0.39 is 0 Å². The van der Waals surface area contributed by atoms with E-state index in [-0.39, 0.29) is 17.8 Å². The van der Waals surface area contributed by atoms with Gasteiger partial charge in [0, 0.05) is 11.3 Å². The SMILES string of the molecule is CCc1cccc(CC)c1NC(=O)c1cccc(N=C(N)N=C(N)N)c1. The van der Waals surface area contributed by atoms with Crippen LogP contribution in [0.15, 0.2) is 52.4 Å². The van der Waals surface area contributed by atoms with E-state index in [1.54, 1.807) is 24.3 Å². The number of amides is 1. The number of hydrogen-bond acceptors (Lipinski definition) is 2. The van der Waals surface area contributed by atoms with Crippen LogP contribution in [0.5, 0.6) is 0 Å². The van der Waals surface area contributed by atoms with Crippen molar-refractivity contribution in [1.29, 1.82) is 0 Å². The van der Waals surface area contributed by atoms with Gasteiger partial charge in [-0.25, -0.2) is 4.99 Å². The highest BCUT2D eigenvalue weighted by molar-refractivity contribution is 6.05. The lowest BCUT2D eigenvalue weighted by molar-refractivity contribution is 0.102. The summed E-state index contributed by atoms with van der Waals surface area (Å²) in [5.74, 6) is -0.464. The summed E-state index contributed by atoms with van der Waals surface area (Å²) in [7, 11) is 0. The first-order chi connectivity index (χ1) is 12.4. The number of rotatable bonds is 5. The second-order valence-electron chi connectivity index (χ2n) is 5.67. The molecular weight excluding hydrogens is 328 g/mol. The van der Waals surface area contributed by atoms with E-state index in [0.29, 0.717) is 11.3 Å². The topological polar surface area (TPSA) is 132 Å². The number of nitrogens with two attached hydrogens (primary N) is 3. The number of aryl methyl sites for hydroxylation is 2. The van der Waals surface area contributed by atoms with Gasteiger partial charge in [0.1, 0.15) is 0 Å². The van der Waals surface area contributed by atoms with Crippen LogP contribution in [0.25, 0.3) is 0 Å². The van der Waals surface area contributed by atoms with Gasteiger partial charge >= 0.3 is 0 Å². The smallest absolute Gasteiger partial charge is 0.255 e. The number of anilines is 1. The van der Waals surface area contributed by atoms with Gasteiger partial charge in [0.15, 0.2) is 5.96 Å². The summed E-state index contributed by atoms with van der Waals surface area (Å²) < 4.78 is 0. The number of carbonyl (C=O) groups excluding carboxylic acids is 1. The average molecular weight is 352 g/mol. The quantitative estimate of drug-likeness (QED) is 0.485. The van der Waals surface area contributed by atoms with Crippen LogP contribution in [-0.4, -0.2) is 17.8 Å². The lowest BCUT2D eigenvalue weighted by atomic mass is 10.0. The Morgan fingerprint density at radius 2 is 1.62 bits per heavy atom. The van der Waals surface area contributed by atoms with Gasteiger partial charge in [0.25, 0.3) is 5.91 Å². The molecule has 0 saturated carbocycles. The molecule has 0 saturated heterocycles. The molecule has 0 bridgehead atoms. The molecule has 7 heteroatoms. The summed E-state index contributed by atoms with van der Waals surface area (Å²) in [6.45, 7) is 4.12. The molecule has 0 atom stereocenters. The zero-order valence-corrected chi connectivity index (χ0v) is 15.0. The average Bonchev–Trinajstić information content (AvgIpc) is 2.61. The molecule has 2 rings (SSSR count). The van der Waals surface area contributed by atoms with Crippen molar-refractivity contribution in [2.24, 2.45) is 27.2 Å². The molecule has 0 aliphatic carbocycles. The fourth-order valence-electron chi connectivity index (χ4n) is 2.60. The first kappa shape index (κ1) is 19.0. The van der Waals surface area contributed by atoms with Crippen molar-refractivity contribution >= 4 is 29.2 Å². The van der Waals surface area contributed by atoms with Gasteiger partial charge in [0.05, 0.1) is 5.69 Å². The Morgan fingerprint density at radius 1 is 1.00 bits per heavy atom. The maximum absolute atomic E-state index is 12.7. The van der Waals surface area contributed by atoms with Crippen LogP contribution >= 0.6 is 0 Å². The van der Waals surface area contributed by atoms with Crippen molar-refractivity contribution in [3.8, 4) is 0 Å². The third kappa shape index (κ3) is 4.83. The summed E-state index contributed by atoms with van der Waals surface area (Å²) in [4.78, 5) is 20.5. The van der Waals surface area contributed by atoms with E-state index in [9.17, 15) is 4.79 Å². The molecule has 0 fully saturated rings. The molecule has 2 aromatic rings. The Kier molecular flexibility index (Phi) is 6.32. The largest absolute Gasteiger partial charge is 0.370 e. The van der Waals surface area contributed by atoms with E-state index in [1.165, 1.54) is 0 Å². The Labute approximate surface area is 153 Å². The Hall–Kier alpha value is -3.35. The van der Waals surface area contributed by atoms with Crippen LogP contribution in [-0.2, 0) is 12.8 Å². The summed E-state index contributed by atoms with van der Waals surface area (Å²) in [6.07, 6.45) is 1.67. The molecule has 2 aromatic carbocycles. The number of hydrogen-bond donors (Lipinski definition) is 4. The van der Waals surface area contributed by atoms with Gasteiger partial charge in [-0.1, -0.05) is 38.1 Å². The zero-order valence-electron chi connectivity index (χ0n) is 15.0. The monoisotopic (exact) mass is 352 g/mol. The van der Waals surface area contributed by atoms with Gasteiger partial charge in [-0.05, 0) is 42.2 Å². The third-order valence-electron chi connectivity index (χ3n) is 3.83. The molecule has 0 aromatic heterocycles. The number of guanidine groups is 2. The molecule has 7 N–H and O–H groups in total. The van der Waals surface area contributed by atoms with Crippen molar-refractivity contribution < 1.29 is 4.79 Å². The molecule has 136 valence electrons. The second-order valence-corrected chi connectivity index (χ2v) is 5.67. The number of nitrogens with zero attached hydrogens (tertiary/aromatic N) is 2. The van der Waals surface area contributed by atoms with Crippen molar-refractivity contribution in [2.75, 3.05) is 5.32 Å². The third-order valence-corrected chi connectivity index (χ3v) is 3.83. The molecule has 1 amide bonds. The fourth-order valence-corrected chi connectivity index (χ4v) is 2.60. The number of aliphatic imine (C=N–C) groups is 2. The maximum Gasteiger partial charge on any atom is 0.255 e. The van der Waals surface area contributed by atoms with E-state index in [2.05, 4.69) is 29.1 Å². The first-order valence-corrected chi connectivity index (χ1v) is 8.40. The zero-order chi connectivity index (χ0) is 19.1. The highest BCUT2D eigenvalue weighted by atomic mass is 16.1. The van der Waals surface area contributed by atoms with E-state index in [0.717, 1.165) is 29.7 Å². The maximum atomic E-state index is 12.7. The number of nitrogens with one attached hydrogen (secondary N) is 1. The van der Waals surface area contributed by atoms with E-state index in [1.807, 2.05) is 18.2 Å². The Bertz CT molecular complexity index is 831. The van der Waals surface area contributed by atoms with Gasteiger partial charge in [0.2, 0.25) is 5.96 Å². The summed E-state index contributed by atoms with van der Waals surface area (Å²) in [6, 6.07) is 12.8. The van der Waals surface area contributed by atoms with E-state index >= 15 is 0 Å². The molecule has 0 aliphatic heterocycles.